The highest BCUT2D eigenvalue weighted by atomic mass is 32.2. The largest absolute Gasteiger partial charge is 0.462 e. The van der Waals surface area contributed by atoms with Crippen LogP contribution >= 0.6 is 23.1 Å². The van der Waals surface area contributed by atoms with Gasteiger partial charge < -0.3 is 14.5 Å². The summed E-state index contributed by atoms with van der Waals surface area (Å²) in [5.74, 6) is 0.312. The smallest absolute Gasteiger partial charge is 0.319 e. The molecule has 0 spiro atoms. The van der Waals surface area contributed by atoms with Crippen molar-refractivity contribution < 1.29 is 14.3 Å². The van der Waals surface area contributed by atoms with Gasteiger partial charge in [0.2, 0.25) is 0 Å². The molecule has 3 rings (SSSR count). The number of ether oxygens (including phenoxy) is 2. The number of aromatic nitrogens is 2. The molecule has 2 atom stereocenters. The monoisotopic (exact) mass is 396 g/mol. The predicted octanol–water partition coefficient (Wildman–Crippen LogP) is 3.17. The van der Waals surface area contributed by atoms with Crippen LogP contribution in [-0.2, 0) is 27.1 Å². The van der Waals surface area contributed by atoms with E-state index in [1.807, 2.05) is 6.92 Å². The first-order valence-electron chi connectivity index (χ1n) is 8.95. The van der Waals surface area contributed by atoms with Crippen LogP contribution in [0.25, 0.3) is 10.2 Å². The van der Waals surface area contributed by atoms with Gasteiger partial charge >= 0.3 is 5.97 Å². The SMILES string of the molecule is CCOCCOC(=O)[C@@H](C)Sc1nc2sc3c(c2c(=O)[nH]1)CC[C@@H](C)C3. The van der Waals surface area contributed by atoms with E-state index in [2.05, 4.69) is 16.9 Å². The van der Waals surface area contributed by atoms with Crippen molar-refractivity contribution in [2.45, 2.75) is 50.4 Å². The molecular weight excluding hydrogens is 372 g/mol. The molecular formula is C18H24N2O4S2. The lowest BCUT2D eigenvalue weighted by Gasteiger charge is -2.17. The van der Waals surface area contributed by atoms with Crippen LogP contribution in [0.15, 0.2) is 9.95 Å². The standard InChI is InChI=1S/C18H24N2O4S2/c1-4-23-7-8-24-17(22)11(3)25-18-19-15(21)14-12-6-5-10(2)9-13(12)26-16(14)20-18/h10-11H,4-9H2,1-3H3,(H,19,20,21)/t10-,11-/m1/s1. The number of carbonyl (C=O) groups is 1. The van der Waals surface area contributed by atoms with E-state index in [0.717, 1.165) is 35.0 Å². The van der Waals surface area contributed by atoms with Crippen molar-refractivity contribution in [3.63, 3.8) is 0 Å². The van der Waals surface area contributed by atoms with Gasteiger partial charge in [0.05, 0.1) is 12.0 Å². The Labute approximate surface area is 160 Å². The predicted molar refractivity (Wildman–Crippen MR) is 104 cm³/mol. The van der Waals surface area contributed by atoms with Crippen LogP contribution in [0, 0.1) is 5.92 Å². The Morgan fingerprint density at radius 3 is 3.04 bits per heavy atom. The number of carbonyl (C=O) groups excluding carboxylic acids is 1. The molecule has 2 aromatic rings. The number of thioether (sulfide) groups is 1. The molecule has 1 N–H and O–H groups in total. The van der Waals surface area contributed by atoms with Gasteiger partial charge in [-0.3, -0.25) is 9.59 Å². The zero-order valence-electron chi connectivity index (χ0n) is 15.3. The van der Waals surface area contributed by atoms with Crippen LogP contribution in [0.1, 0.15) is 37.6 Å². The molecule has 1 aliphatic rings. The Morgan fingerprint density at radius 1 is 1.46 bits per heavy atom. The molecule has 1 aliphatic carbocycles. The van der Waals surface area contributed by atoms with E-state index in [0.29, 0.717) is 24.3 Å². The summed E-state index contributed by atoms with van der Waals surface area (Å²) in [6, 6.07) is 0. The summed E-state index contributed by atoms with van der Waals surface area (Å²) in [5.41, 5.74) is 1.05. The van der Waals surface area contributed by atoms with E-state index in [-0.39, 0.29) is 18.1 Å². The number of aryl methyl sites for hydroxylation is 1. The van der Waals surface area contributed by atoms with Gasteiger partial charge in [-0.2, -0.15) is 0 Å². The second kappa shape index (κ2) is 8.54. The lowest BCUT2D eigenvalue weighted by molar-refractivity contribution is -0.144. The summed E-state index contributed by atoms with van der Waals surface area (Å²) in [6.45, 7) is 7.10. The van der Waals surface area contributed by atoms with E-state index < -0.39 is 5.25 Å². The maximum Gasteiger partial charge on any atom is 0.319 e. The second-order valence-corrected chi connectivity index (χ2v) is 8.94. The molecule has 0 amide bonds. The minimum absolute atomic E-state index is 0.110. The highest BCUT2D eigenvalue weighted by Gasteiger charge is 2.24. The molecule has 0 fully saturated rings. The summed E-state index contributed by atoms with van der Waals surface area (Å²) in [5, 5.41) is 0.739. The first-order valence-corrected chi connectivity index (χ1v) is 10.6. The van der Waals surface area contributed by atoms with Crippen molar-refractivity contribution in [1.82, 2.24) is 9.97 Å². The number of hydrogen-bond acceptors (Lipinski definition) is 7. The van der Waals surface area contributed by atoms with Crippen molar-refractivity contribution in [3.05, 3.63) is 20.8 Å². The van der Waals surface area contributed by atoms with Crippen LogP contribution in [0.3, 0.4) is 0 Å². The summed E-state index contributed by atoms with van der Waals surface area (Å²) >= 11 is 2.83. The van der Waals surface area contributed by atoms with Gasteiger partial charge in [-0.25, -0.2) is 4.98 Å². The van der Waals surface area contributed by atoms with Gasteiger partial charge in [-0.1, -0.05) is 18.7 Å². The van der Waals surface area contributed by atoms with Gasteiger partial charge in [0, 0.05) is 11.5 Å². The number of aromatic amines is 1. The molecule has 0 radical (unpaired) electrons. The van der Waals surface area contributed by atoms with Gasteiger partial charge in [0.1, 0.15) is 16.7 Å². The molecule has 0 saturated heterocycles. The summed E-state index contributed by atoms with van der Waals surface area (Å²) in [6.07, 6.45) is 3.07. The molecule has 0 bridgehead atoms. The third-order valence-corrected chi connectivity index (χ3v) is 6.55. The number of esters is 1. The maximum absolute atomic E-state index is 12.6. The fraction of sp³-hybridized carbons (Fsp3) is 0.611. The molecule has 26 heavy (non-hydrogen) atoms. The number of thiophene rings is 1. The average Bonchev–Trinajstić information content (AvgIpc) is 2.96. The van der Waals surface area contributed by atoms with Gasteiger partial charge in [-0.05, 0) is 44.6 Å². The highest BCUT2D eigenvalue weighted by molar-refractivity contribution is 8.00. The first-order chi connectivity index (χ1) is 12.5. The number of hydrogen-bond donors (Lipinski definition) is 1. The molecule has 8 heteroatoms. The Bertz CT molecular complexity index is 846. The molecule has 0 unspecified atom stereocenters. The van der Waals surface area contributed by atoms with Crippen molar-refractivity contribution in [2.75, 3.05) is 19.8 Å². The number of H-pyrrole nitrogens is 1. The van der Waals surface area contributed by atoms with E-state index in [1.165, 1.54) is 16.6 Å². The molecule has 2 aromatic heterocycles. The van der Waals surface area contributed by atoms with E-state index >= 15 is 0 Å². The van der Waals surface area contributed by atoms with E-state index in [1.54, 1.807) is 18.3 Å². The summed E-state index contributed by atoms with van der Waals surface area (Å²) in [4.78, 5) is 34.1. The molecule has 2 heterocycles. The minimum atomic E-state index is -0.452. The molecule has 6 nitrogen and oxygen atoms in total. The van der Waals surface area contributed by atoms with E-state index in [9.17, 15) is 9.59 Å². The van der Waals surface area contributed by atoms with Crippen LogP contribution in [0.2, 0.25) is 0 Å². The highest BCUT2D eigenvalue weighted by Crippen LogP contribution is 2.36. The van der Waals surface area contributed by atoms with Crippen molar-refractivity contribution >= 4 is 39.3 Å². The van der Waals surface area contributed by atoms with Gasteiger partial charge in [-0.15, -0.1) is 11.3 Å². The topological polar surface area (TPSA) is 81.3 Å². The third kappa shape index (κ3) is 4.29. The maximum atomic E-state index is 12.6. The Hall–Kier alpha value is -1.38. The van der Waals surface area contributed by atoms with Gasteiger partial charge in [0.15, 0.2) is 5.16 Å². The van der Waals surface area contributed by atoms with Gasteiger partial charge in [0.25, 0.3) is 5.56 Å². The normalized spacial score (nSPS) is 17.9. The molecule has 0 saturated carbocycles. The fourth-order valence-corrected chi connectivity index (χ4v) is 5.30. The number of nitrogens with zero attached hydrogens (tertiary/aromatic N) is 1. The third-order valence-electron chi connectivity index (χ3n) is 4.44. The molecule has 0 aromatic carbocycles. The van der Waals surface area contributed by atoms with Crippen molar-refractivity contribution in [2.24, 2.45) is 5.92 Å². The second-order valence-electron chi connectivity index (χ2n) is 6.53. The Morgan fingerprint density at radius 2 is 2.27 bits per heavy atom. The van der Waals surface area contributed by atoms with Crippen molar-refractivity contribution in [3.8, 4) is 0 Å². The van der Waals surface area contributed by atoms with E-state index in [4.69, 9.17) is 9.47 Å². The van der Waals surface area contributed by atoms with Crippen LogP contribution in [-0.4, -0.2) is 41.0 Å². The first kappa shape index (κ1) is 19.4. The number of fused-ring (bicyclic) bond motifs is 3. The summed E-state index contributed by atoms with van der Waals surface area (Å²) < 4.78 is 10.3. The Balaban J connectivity index is 1.73. The lowest BCUT2D eigenvalue weighted by atomic mass is 9.89. The molecule has 142 valence electrons. The zero-order chi connectivity index (χ0) is 18.7. The molecule has 0 aliphatic heterocycles. The number of rotatable bonds is 7. The quantitative estimate of drug-likeness (QED) is 0.335. The lowest BCUT2D eigenvalue weighted by Crippen LogP contribution is -2.20. The van der Waals surface area contributed by atoms with Crippen LogP contribution in [0.4, 0.5) is 0 Å². The van der Waals surface area contributed by atoms with Crippen LogP contribution in [0.5, 0.6) is 0 Å². The van der Waals surface area contributed by atoms with Crippen LogP contribution < -0.4 is 5.56 Å². The minimum Gasteiger partial charge on any atom is -0.462 e. The van der Waals surface area contributed by atoms with Crippen molar-refractivity contribution in [1.29, 1.82) is 0 Å². The Kier molecular flexibility index (Phi) is 6.37. The zero-order valence-corrected chi connectivity index (χ0v) is 16.9. The average molecular weight is 397 g/mol. The number of nitrogens with one attached hydrogen (secondary N) is 1. The summed E-state index contributed by atoms with van der Waals surface area (Å²) in [7, 11) is 0. The fourth-order valence-electron chi connectivity index (χ4n) is 3.06.